The standard InChI is InChI=1S/C12H10Cl2N2OS/c1-7-15-9(6-18-7)5-12(17)16-8-2-3-10(13)11(14)4-8/h2-4,6H,5H2,1H3,(H,16,17). The van der Waals surface area contributed by atoms with Gasteiger partial charge in [0.2, 0.25) is 5.91 Å². The molecule has 0 bridgehead atoms. The Kier molecular flexibility index (Phi) is 4.22. The second-order valence-corrected chi connectivity index (χ2v) is 5.59. The Morgan fingerprint density at radius 2 is 2.17 bits per heavy atom. The predicted molar refractivity (Wildman–Crippen MR) is 75.6 cm³/mol. The monoisotopic (exact) mass is 300 g/mol. The summed E-state index contributed by atoms with van der Waals surface area (Å²) in [5.74, 6) is -0.126. The first-order valence-electron chi connectivity index (χ1n) is 5.20. The Labute approximate surface area is 119 Å². The van der Waals surface area contributed by atoms with Gasteiger partial charge in [0.05, 0.1) is 27.2 Å². The van der Waals surface area contributed by atoms with Crippen molar-refractivity contribution in [2.45, 2.75) is 13.3 Å². The van der Waals surface area contributed by atoms with Crippen LogP contribution in [0.2, 0.25) is 10.0 Å². The van der Waals surface area contributed by atoms with Gasteiger partial charge in [-0.25, -0.2) is 4.98 Å². The maximum absolute atomic E-state index is 11.8. The van der Waals surface area contributed by atoms with Crippen LogP contribution in [0, 0.1) is 6.92 Å². The summed E-state index contributed by atoms with van der Waals surface area (Å²) in [7, 11) is 0. The molecule has 1 amide bonds. The van der Waals surface area contributed by atoms with Gasteiger partial charge in [0.1, 0.15) is 0 Å². The number of rotatable bonds is 3. The number of carbonyl (C=O) groups is 1. The minimum absolute atomic E-state index is 0.126. The molecule has 0 radical (unpaired) electrons. The first kappa shape index (κ1) is 13.3. The SMILES string of the molecule is Cc1nc(CC(=O)Nc2ccc(Cl)c(Cl)c2)cs1. The van der Waals surface area contributed by atoms with Crippen LogP contribution in [0.4, 0.5) is 5.69 Å². The number of nitrogens with one attached hydrogen (secondary N) is 1. The van der Waals surface area contributed by atoms with Gasteiger partial charge in [0.15, 0.2) is 0 Å². The normalized spacial score (nSPS) is 10.4. The average Bonchev–Trinajstić information content (AvgIpc) is 2.69. The summed E-state index contributed by atoms with van der Waals surface area (Å²) in [4.78, 5) is 16.0. The Bertz CT molecular complexity index is 583. The number of thiazole rings is 1. The van der Waals surface area contributed by atoms with E-state index in [2.05, 4.69) is 10.3 Å². The Balaban J connectivity index is 2.00. The van der Waals surface area contributed by atoms with Crippen molar-refractivity contribution in [3.8, 4) is 0 Å². The second-order valence-electron chi connectivity index (χ2n) is 3.71. The van der Waals surface area contributed by atoms with E-state index in [1.165, 1.54) is 11.3 Å². The average molecular weight is 301 g/mol. The fourth-order valence-corrected chi connectivity index (χ4v) is 2.34. The molecule has 6 heteroatoms. The van der Waals surface area contributed by atoms with Gasteiger partial charge in [0.25, 0.3) is 0 Å². The number of halogens is 2. The maximum Gasteiger partial charge on any atom is 0.230 e. The molecule has 1 aromatic heterocycles. The molecule has 0 aliphatic carbocycles. The molecule has 0 spiro atoms. The van der Waals surface area contributed by atoms with Crippen molar-refractivity contribution in [2.75, 3.05) is 5.32 Å². The zero-order valence-corrected chi connectivity index (χ0v) is 11.9. The van der Waals surface area contributed by atoms with Crippen LogP contribution in [0.15, 0.2) is 23.6 Å². The quantitative estimate of drug-likeness (QED) is 0.933. The van der Waals surface area contributed by atoms with Crippen LogP contribution < -0.4 is 5.32 Å². The molecule has 3 nitrogen and oxygen atoms in total. The minimum Gasteiger partial charge on any atom is -0.326 e. The number of hydrogen-bond acceptors (Lipinski definition) is 3. The van der Waals surface area contributed by atoms with E-state index < -0.39 is 0 Å². The number of nitrogens with zero attached hydrogens (tertiary/aromatic N) is 1. The van der Waals surface area contributed by atoms with Gasteiger partial charge in [-0.1, -0.05) is 23.2 Å². The molecular formula is C12H10Cl2N2OS. The number of benzene rings is 1. The summed E-state index contributed by atoms with van der Waals surface area (Å²) in [6, 6.07) is 4.97. The number of carbonyl (C=O) groups excluding carboxylic acids is 1. The highest BCUT2D eigenvalue weighted by Crippen LogP contribution is 2.25. The lowest BCUT2D eigenvalue weighted by Crippen LogP contribution is -2.14. The molecule has 2 rings (SSSR count). The van der Waals surface area contributed by atoms with Crippen LogP contribution in [-0.2, 0) is 11.2 Å². The van der Waals surface area contributed by atoms with E-state index in [4.69, 9.17) is 23.2 Å². The summed E-state index contributed by atoms with van der Waals surface area (Å²) < 4.78 is 0. The van der Waals surface area contributed by atoms with Gasteiger partial charge in [-0.3, -0.25) is 4.79 Å². The highest BCUT2D eigenvalue weighted by molar-refractivity contribution is 7.09. The molecule has 0 unspecified atom stereocenters. The summed E-state index contributed by atoms with van der Waals surface area (Å²) in [6.07, 6.45) is 0.255. The fraction of sp³-hybridized carbons (Fsp3) is 0.167. The molecule has 0 aliphatic heterocycles. The first-order valence-corrected chi connectivity index (χ1v) is 6.84. The van der Waals surface area contributed by atoms with Gasteiger partial charge < -0.3 is 5.32 Å². The maximum atomic E-state index is 11.8. The molecule has 0 atom stereocenters. The van der Waals surface area contributed by atoms with Crippen molar-refractivity contribution < 1.29 is 4.79 Å². The molecule has 18 heavy (non-hydrogen) atoms. The zero-order chi connectivity index (χ0) is 13.1. The van der Waals surface area contributed by atoms with E-state index >= 15 is 0 Å². The Morgan fingerprint density at radius 3 is 2.78 bits per heavy atom. The van der Waals surface area contributed by atoms with Crippen molar-refractivity contribution in [1.82, 2.24) is 4.98 Å². The third-order valence-electron chi connectivity index (χ3n) is 2.21. The van der Waals surface area contributed by atoms with Crippen molar-refractivity contribution in [1.29, 1.82) is 0 Å². The van der Waals surface area contributed by atoms with E-state index in [0.717, 1.165) is 10.7 Å². The van der Waals surface area contributed by atoms with E-state index in [0.29, 0.717) is 15.7 Å². The molecule has 2 aromatic rings. The highest BCUT2D eigenvalue weighted by atomic mass is 35.5. The number of anilines is 1. The lowest BCUT2D eigenvalue weighted by molar-refractivity contribution is -0.115. The number of aromatic nitrogens is 1. The summed E-state index contributed by atoms with van der Waals surface area (Å²) in [6.45, 7) is 1.91. The molecule has 0 fully saturated rings. The fourth-order valence-electron chi connectivity index (χ4n) is 1.43. The van der Waals surface area contributed by atoms with Crippen molar-refractivity contribution in [2.24, 2.45) is 0 Å². The van der Waals surface area contributed by atoms with Crippen molar-refractivity contribution >= 4 is 46.1 Å². The van der Waals surface area contributed by atoms with Crippen LogP contribution in [0.3, 0.4) is 0 Å². The lowest BCUT2D eigenvalue weighted by atomic mass is 10.3. The predicted octanol–water partition coefficient (Wildman–Crippen LogP) is 3.94. The highest BCUT2D eigenvalue weighted by Gasteiger charge is 2.07. The summed E-state index contributed by atoms with van der Waals surface area (Å²) in [5, 5.41) is 6.46. The molecule has 0 saturated heterocycles. The van der Waals surface area contributed by atoms with E-state index in [1.54, 1.807) is 18.2 Å². The van der Waals surface area contributed by atoms with Gasteiger partial charge >= 0.3 is 0 Å². The Hall–Kier alpha value is -1.10. The smallest absolute Gasteiger partial charge is 0.230 e. The molecule has 0 saturated carbocycles. The lowest BCUT2D eigenvalue weighted by Gasteiger charge is -2.05. The zero-order valence-electron chi connectivity index (χ0n) is 9.54. The molecular weight excluding hydrogens is 291 g/mol. The molecule has 94 valence electrons. The van der Waals surface area contributed by atoms with Gasteiger partial charge in [-0.05, 0) is 25.1 Å². The summed E-state index contributed by atoms with van der Waals surface area (Å²) in [5.41, 5.74) is 1.40. The largest absolute Gasteiger partial charge is 0.326 e. The molecule has 1 N–H and O–H groups in total. The number of amides is 1. The summed E-state index contributed by atoms with van der Waals surface area (Å²) >= 11 is 13.2. The van der Waals surface area contributed by atoms with Crippen LogP contribution in [-0.4, -0.2) is 10.9 Å². The molecule has 0 aliphatic rings. The number of hydrogen-bond donors (Lipinski definition) is 1. The van der Waals surface area contributed by atoms with Gasteiger partial charge in [0, 0.05) is 11.1 Å². The molecule has 1 heterocycles. The first-order chi connectivity index (χ1) is 8.54. The van der Waals surface area contributed by atoms with Gasteiger partial charge in [-0.2, -0.15) is 0 Å². The van der Waals surface area contributed by atoms with Crippen molar-refractivity contribution in [3.05, 3.63) is 44.3 Å². The number of aryl methyl sites for hydroxylation is 1. The van der Waals surface area contributed by atoms with E-state index in [-0.39, 0.29) is 12.3 Å². The second kappa shape index (κ2) is 5.69. The Morgan fingerprint density at radius 1 is 1.39 bits per heavy atom. The van der Waals surface area contributed by atoms with Crippen LogP contribution >= 0.6 is 34.5 Å². The minimum atomic E-state index is -0.126. The van der Waals surface area contributed by atoms with Crippen molar-refractivity contribution in [3.63, 3.8) is 0 Å². The van der Waals surface area contributed by atoms with E-state index in [1.807, 2.05) is 12.3 Å². The van der Waals surface area contributed by atoms with Crippen LogP contribution in [0.25, 0.3) is 0 Å². The topological polar surface area (TPSA) is 42.0 Å². The molecule has 1 aromatic carbocycles. The van der Waals surface area contributed by atoms with Gasteiger partial charge in [-0.15, -0.1) is 11.3 Å². The van der Waals surface area contributed by atoms with Crippen LogP contribution in [0.1, 0.15) is 10.7 Å². The van der Waals surface area contributed by atoms with E-state index in [9.17, 15) is 4.79 Å². The van der Waals surface area contributed by atoms with Crippen LogP contribution in [0.5, 0.6) is 0 Å². The third kappa shape index (κ3) is 3.45. The third-order valence-corrected chi connectivity index (χ3v) is 3.77.